The number of rotatable bonds is 8. The number of nitrogens with two attached hydrogens (primary N) is 1. The second-order valence-corrected chi connectivity index (χ2v) is 7.99. The molecular weight excluding hydrogens is 444 g/mol. The minimum atomic E-state index is -1.54. The van der Waals surface area contributed by atoms with Gasteiger partial charge in [-0.25, -0.2) is 9.37 Å². The number of fused-ring (bicyclic) bond motifs is 1. The van der Waals surface area contributed by atoms with Crippen molar-refractivity contribution in [2.75, 3.05) is 12.3 Å². The number of anilines is 1. The number of hydrogen-bond acceptors (Lipinski definition) is 7. The molecule has 0 radical (unpaired) electrons. The van der Waals surface area contributed by atoms with E-state index in [0.29, 0.717) is 6.61 Å². The van der Waals surface area contributed by atoms with Gasteiger partial charge in [-0.15, -0.1) is 0 Å². The summed E-state index contributed by atoms with van der Waals surface area (Å²) in [6.45, 7) is 0.689. The van der Waals surface area contributed by atoms with Crippen molar-refractivity contribution in [1.29, 1.82) is 0 Å². The van der Waals surface area contributed by atoms with Crippen LogP contribution in [0.4, 0.5) is 14.7 Å². The van der Waals surface area contributed by atoms with Crippen LogP contribution < -0.4 is 5.73 Å². The molecule has 8 nitrogen and oxygen atoms in total. The Kier molecular flexibility index (Phi) is 6.43. The number of alkyl halides is 1. The topological polar surface area (TPSA) is 96.8 Å². The molecule has 176 valence electrons. The van der Waals surface area contributed by atoms with E-state index in [2.05, 4.69) is 15.0 Å². The van der Waals surface area contributed by atoms with Gasteiger partial charge in [-0.2, -0.15) is 14.4 Å². The highest BCUT2D eigenvalue weighted by Crippen LogP contribution is 2.37. The molecule has 5 rings (SSSR count). The third-order valence-corrected chi connectivity index (χ3v) is 5.61. The molecule has 2 aromatic heterocycles. The molecule has 0 spiro atoms. The second-order valence-electron chi connectivity index (χ2n) is 7.99. The summed E-state index contributed by atoms with van der Waals surface area (Å²) in [6.07, 6.45) is -3.75. The molecule has 3 heterocycles. The number of nitrogens with zero attached hydrogens (tertiary/aromatic N) is 4. The first-order valence-electron chi connectivity index (χ1n) is 10.8. The summed E-state index contributed by atoms with van der Waals surface area (Å²) in [7, 11) is 0. The maximum absolute atomic E-state index is 15.7. The summed E-state index contributed by atoms with van der Waals surface area (Å²) in [5, 5.41) is 0. The highest BCUT2D eigenvalue weighted by molar-refractivity contribution is 5.38. The zero-order valence-electron chi connectivity index (χ0n) is 18.1. The van der Waals surface area contributed by atoms with Crippen LogP contribution in [0.2, 0.25) is 0 Å². The number of ether oxygens (including phenoxy) is 3. The number of aromatic nitrogens is 4. The molecule has 0 saturated carbocycles. The maximum Gasteiger partial charge on any atom is 0.315 e. The minimum Gasteiger partial charge on any atom is -0.374 e. The Morgan fingerprint density at radius 3 is 2.32 bits per heavy atom. The van der Waals surface area contributed by atoms with Crippen molar-refractivity contribution in [2.45, 2.75) is 37.7 Å². The number of nitrogen functional groups attached to an aromatic ring is 1. The third kappa shape index (κ3) is 4.74. The molecule has 0 aliphatic carbocycles. The van der Waals surface area contributed by atoms with Gasteiger partial charge >= 0.3 is 6.08 Å². The SMILES string of the molecule is Nc1nc(F)nc2nc([C@@H]3O[C@H](COCc4ccccc4)[C@@H](OCc4ccccc4)[C@H]3F)cn12. The largest absolute Gasteiger partial charge is 0.374 e. The minimum absolute atomic E-state index is 0.0265. The number of hydrogen-bond donors (Lipinski definition) is 1. The summed E-state index contributed by atoms with van der Waals surface area (Å²) < 4.78 is 48.3. The summed E-state index contributed by atoms with van der Waals surface area (Å²) in [4.78, 5) is 11.3. The van der Waals surface area contributed by atoms with Crippen molar-refractivity contribution in [3.8, 4) is 0 Å². The van der Waals surface area contributed by atoms with Gasteiger partial charge in [0.05, 0.1) is 25.5 Å². The van der Waals surface area contributed by atoms with Crippen molar-refractivity contribution in [1.82, 2.24) is 19.4 Å². The van der Waals surface area contributed by atoms with Crippen molar-refractivity contribution >= 4 is 11.7 Å². The van der Waals surface area contributed by atoms with Gasteiger partial charge in [-0.05, 0) is 11.1 Å². The predicted octanol–water partition coefficient (Wildman–Crippen LogP) is 3.43. The first-order chi connectivity index (χ1) is 16.6. The van der Waals surface area contributed by atoms with Gasteiger partial charge in [0.15, 0.2) is 6.17 Å². The lowest BCUT2D eigenvalue weighted by molar-refractivity contribution is -0.0740. The van der Waals surface area contributed by atoms with Gasteiger partial charge < -0.3 is 19.9 Å². The molecule has 4 aromatic rings. The van der Waals surface area contributed by atoms with E-state index >= 15 is 4.39 Å². The molecular formula is C24H23F2N5O3. The molecule has 1 fully saturated rings. The van der Waals surface area contributed by atoms with Crippen LogP contribution in [0.5, 0.6) is 0 Å². The normalized spacial score (nSPS) is 22.4. The summed E-state index contributed by atoms with van der Waals surface area (Å²) >= 11 is 0. The highest BCUT2D eigenvalue weighted by atomic mass is 19.1. The van der Waals surface area contributed by atoms with E-state index < -0.39 is 30.6 Å². The first kappa shape index (κ1) is 22.3. The van der Waals surface area contributed by atoms with Crippen LogP contribution in [0.15, 0.2) is 66.9 Å². The molecule has 0 bridgehead atoms. The highest BCUT2D eigenvalue weighted by Gasteiger charge is 2.48. The molecule has 34 heavy (non-hydrogen) atoms. The molecule has 0 unspecified atom stereocenters. The van der Waals surface area contributed by atoms with E-state index in [1.807, 2.05) is 60.7 Å². The van der Waals surface area contributed by atoms with Gasteiger partial charge in [0.2, 0.25) is 11.7 Å². The summed E-state index contributed by atoms with van der Waals surface area (Å²) in [5.41, 5.74) is 7.87. The fraction of sp³-hybridized carbons (Fsp3) is 0.292. The van der Waals surface area contributed by atoms with E-state index in [0.717, 1.165) is 11.1 Å². The standard InChI is InChI=1S/C24H23F2N5O3/c25-19-20(17-11-31-23(27)29-22(26)30-24(31)28-17)34-18(14-32-12-15-7-3-1-4-8-15)21(19)33-13-16-9-5-2-6-10-16/h1-11,18-21H,12-14H2,(H2,27,28,29,30)/t18-,19+,20+,21-/m1/s1. The molecule has 4 atom stereocenters. The molecule has 10 heteroatoms. The van der Waals surface area contributed by atoms with Gasteiger partial charge in [0, 0.05) is 6.20 Å². The predicted molar refractivity (Wildman–Crippen MR) is 119 cm³/mol. The summed E-state index contributed by atoms with van der Waals surface area (Å²) in [6, 6.07) is 19.1. The molecule has 1 aliphatic rings. The molecule has 2 aromatic carbocycles. The number of imidazole rings is 1. The Morgan fingerprint density at radius 1 is 0.941 bits per heavy atom. The summed E-state index contributed by atoms with van der Waals surface area (Å²) in [5.74, 6) is -0.171. The van der Waals surface area contributed by atoms with Crippen molar-refractivity contribution in [3.63, 3.8) is 0 Å². The average molecular weight is 467 g/mol. The van der Waals surface area contributed by atoms with Crippen molar-refractivity contribution < 1.29 is 23.0 Å². The molecule has 0 amide bonds. The Bertz CT molecular complexity index is 1240. The molecule has 1 saturated heterocycles. The fourth-order valence-corrected chi connectivity index (χ4v) is 3.95. The lowest BCUT2D eigenvalue weighted by Gasteiger charge is -2.20. The molecule has 1 aliphatic heterocycles. The molecule has 2 N–H and O–H groups in total. The Balaban J connectivity index is 1.34. The van der Waals surface area contributed by atoms with E-state index in [1.165, 1.54) is 10.6 Å². The number of benzene rings is 2. The van der Waals surface area contributed by atoms with Crippen molar-refractivity contribution in [3.05, 3.63) is 89.8 Å². The van der Waals surface area contributed by atoms with E-state index in [-0.39, 0.29) is 30.6 Å². The third-order valence-electron chi connectivity index (χ3n) is 5.61. The first-order valence-corrected chi connectivity index (χ1v) is 10.8. The van der Waals surface area contributed by atoms with Crippen LogP contribution in [0, 0.1) is 6.08 Å². The monoisotopic (exact) mass is 467 g/mol. The zero-order chi connectivity index (χ0) is 23.5. The van der Waals surface area contributed by atoms with Crippen LogP contribution in [-0.4, -0.2) is 44.3 Å². The van der Waals surface area contributed by atoms with Crippen LogP contribution in [0.25, 0.3) is 5.78 Å². The van der Waals surface area contributed by atoms with Gasteiger partial charge in [0.1, 0.15) is 18.3 Å². The lowest BCUT2D eigenvalue weighted by Crippen LogP contribution is -2.34. The second kappa shape index (κ2) is 9.80. The van der Waals surface area contributed by atoms with E-state index in [1.54, 1.807) is 0 Å². The lowest BCUT2D eigenvalue weighted by atomic mass is 10.1. The Morgan fingerprint density at radius 2 is 1.62 bits per heavy atom. The quantitative estimate of drug-likeness (QED) is 0.424. The smallest absolute Gasteiger partial charge is 0.315 e. The van der Waals surface area contributed by atoms with Crippen LogP contribution in [0.1, 0.15) is 22.9 Å². The maximum atomic E-state index is 15.7. The van der Waals surface area contributed by atoms with Gasteiger partial charge in [-0.1, -0.05) is 60.7 Å². The Hall–Kier alpha value is -3.47. The number of halogens is 2. The van der Waals surface area contributed by atoms with E-state index in [4.69, 9.17) is 19.9 Å². The van der Waals surface area contributed by atoms with Gasteiger partial charge in [-0.3, -0.25) is 4.40 Å². The van der Waals surface area contributed by atoms with Gasteiger partial charge in [0.25, 0.3) is 0 Å². The van der Waals surface area contributed by atoms with Crippen molar-refractivity contribution in [2.24, 2.45) is 0 Å². The Labute approximate surface area is 194 Å². The van der Waals surface area contributed by atoms with Crippen LogP contribution in [-0.2, 0) is 27.4 Å². The van der Waals surface area contributed by atoms with Crippen LogP contribution >= 0.6 is 0 Å². The average Bonchev–Trinajstić information content (AvgIpc) is 3.40. The van der Waals surface area contributed by atoms with E-state index in [9.17, 15) is 4.39 Å². The van der Waals surface area contributed by atoms with Crippen LogP contribution in [0.3, 0.4) is 0 Å². The fourth-order valence-electron chi connectivity index (χ4n) is 3.95. The zero-order valence-corrected chi connectivity index (χ0v) is 18.1.